The normalized spacial score (nSPS) is 15.6. The van der Waals surface area contributed by atoms with Crippen molar-refractivity contribution in [2.75, 3.05) is 13.1 Å². The van der Waals surface area contributed by atoms with Crippen LogP contribution in [-0.4, -0.2) is 40.0 Å². The quantitative estimate of drug-likeness (QED) is 0.707. The maximum atomic E-state index is 11.7. The van der Waals surface area contributed by atoms with E-state index in [0.717, 1.165) is 0 Å². The van der Waals surface area contributed by atoms with Crippen molar-refractivity contribution in [3.8, 4) is 0 Å². The van der Waals surface area contributed by atoms with E-state index < -0.39 is 17.8 Å². The van der Waals surface area contributed by atoms with Crippen molar-refractivity contribution in [3.05, 3.63) is 34.2 Å². The van der Waals surface area contributed by atoms with Gasteiger partial charge in [-0.25, -0.2) is 0 Å². The van der Waals surface area contributed by atoms with Crippen molar-refractivity contribution >= 4 is 11.9 Å². The molecule has 1 aromatic heterocycles. The molecule has 1 aromatic rings. The first-order valence-corrected chi connectivity index (χ1v) is 4.79. The van der Waals surface area contributed by atoms with Crippen LogP contribution in [0, 0.1) is 5.92 Å². The SMILES string of the molecule is O=C(O)C1CN(C(=O)c2c[nH]ccc2=O)C1. The number of aromatic amines is 1. The van der Waals surface area contributed by atoms with Crippen LogP contribution in [0.1, 0.15) is 10.4 Å². The zero-order valence-corrected chi connectivity index (χ0v) is 8.34. The average molecular weight is 222 g/mol. The number of carbonyl (C=O) groups excluding carboxylic acids is 1. The topological polar surface area (TPSA) is 90.5 Å². The van der Waals surface area contributed by atoms with Crippen LogP contribution in [0.3, 0.4) is 0 Å². The summed E-state index contributed by atoms with van der Waals surface area (Å²) in [4.78, 5) is 37.6. The molecular weight excluding hydrogens is 212 g/mol. The molecule has 1 aliphatic rings. The average Bonchev–Trinajstić information content (AvgIpc) is 2.15. The Labute approximate surface area is 90.5 Å². The van der Waals surface area contributed by atoms with E-state index in [1.807, 2.05) is 0 Å². The monoisotopic (exact) mass is 222 g/mol. The molecule has 1 amide bonds. The first-order chi connectivity index (χ1) is 7.59. The number of H-pyrrole nitrogens is 1. The van der Waals surface area contributed by atoms with Gasteiger partial charge in [-0.05, 0) is 0 Å². The summed E-state index contributed by atoms with van der Waals surface area (Å²) in [6, 6.07) is 1.27. The standard InChI is InChI=1S/C10H10N2O4/c13-8-1-2-11-3-7(8)9(14)12-4-6(5-12)10(15)16/h1-3,6H,4-5H2,(H,11,13)(H,15,16). The minimum absolute atomic E-state index is 0.0475. The van der Waals surface area contributed by atoms with Crippen molar-refractivity contribution in [2.24, 2.45) is 5.92 Å². The number of rotatable bonds is 2. The fourth-order valence-electron chi connectivity index (χ4n) is 1.55. The first-order valence-electron chi connectivity index (χ1n) is 4.79. The number of nitrogens with one attached hydrogen (secondary N) is 1. The molecule has 0 atom stereocenters. The number of amides is 1. The molecule has 6 heteroatoms. The number of likely N-dealkylation sites (tertiary alicyclic amines) is 1. The number of nitrogens with zero attached hydrogens (tertiary/aromatic N) is 1. The third-order valence-corrected chi connectivity index (χ3v) is 2.57. The molecule has 0 unspecified atom stereocenters. The third-order valence-electron chi connectivity index (χ3n) is 2.57. The Bertz CT molecular complexity index is 488. The Morgan fingerprint density at radius 2 is 2.12 bits per heavy atom. The summed E-state index contributed by atoms with van der Waals surface area (Å²) in [6.45, 7) is 0.338. The zero-order chi connectivity index (χ0) is 11.7. The molecular formula is C10H10N2O4. The number of carboxylic acids is 1. The van der Waals surface area contributed by atoms with Crippen molar-refractivity contribution in [2.45, 2.75) is 0 Å². The third kappa shape index (κ3) is 1.69. The fraction of sp³-hybridized carbons (Fsp3) is 0.300. The Balaban J connectivity index is 2.09. The van der Waals surface area contributed by atoms with Crippen LogP contribution in [0.15, 0.2) is 23.3 Å². The molecule has 1 aliphatic heterocycles. The summed E-state index contributed by atoms with van der Waals surface area (Å²) < 4.78 is 0. The summed E-state index contributed by atoms with van der Waals surface area (Å²) in [7, 11) is 0. The van der Waals surface area contributed by atoms with Crippen LogP contribution in [-0.2, 0) is 4.79 Å². The molecule has 0 saturated carbocycles. The number of carbonyl (C=O) groups is 2. The lowest BCUT2D eigenvalue weighted by Gasteiger charge is -2.36. The van der Waals surface area contributed by atoms with Gasteiger partial charge < -0.3 is 15.0 Å². The van der Waals surface area contributed by atoms with Gasteiger partial charge in [0, 0.05) is 31.5 Å². The van der Waals surface area contributed by atoms with Crippen LogP contribution in [0.25, 0.3) is 0 Å². The van der Waals surface area contributed by atoms with Gasteiger partial charge in [-0.2, -0.15) is 0 Å². The van der Waals surface area contributed by atoms with E-state index in [0.29, 0.717) is 0 Å². The van der Waals surface area contributed by atoms with E-state index in [-0.39, 0.29) is 24.1 Å². The van der Waals surface area contributed by atoms with Gasteiger partial charge in [0.2, 0.25) is 0 Å². The summed E-state index contributed by atoms with van der Waals surface area (Å²) >= 11 is 0. The second-order valence-electron chi connectivity index (χ2n) is 3.67. The van der Waals surface area contributed by atoms with Crippen molar-refractivity contribution < 1.29 is 14.7 Å². The van der Waals surface area contributed by atoms with Crippen LogP contribution >= 0.6 is 0 Å². The minimum Gasteiger partial charge on any atom is -0.481 e. The van der Waals surface area contributed by atoms with E-state index in [4.69, 9.17) is 5.11 Å². The van der Waals surface area contributed by atoms with Gasteiger partial charge in [-0.3, -0.25) is 14.4 Å². The predicted molar refractivity (Wildman–Crippen MR) is 54.1 cm³/mol. The van der Waals surface area contributed by atoms with Crippen LogP contribution in [0.2, 0.25) is 0 Å². The number of hydrogen-bond donors (Lipinski definition) is 2. The molecule has 0 aliphatic carbocycles. The Kier molecular flexibility index (Phi) is 2.47. The van der Waals surface area contributed by atoms with E-state index in [9.17, 15) is 14.4 Å². The maximum absolute atomic E-state index is 11.7. The van der Waals surface area contributed by atoms with Gasteiger partial charge in [0.1, 0.15) is 5.56 Å². The Morgan fingerprint density at radius 3 is 2.69 bits per heavy atom. The van der Waals surface area contributed by atoms with Crippen molar-refractivity contribution in [1.82, 2.24) is 9.88 Å². The summed E-state index contributed by atoms with van der Waals surface area (Å²) in [6.07, 6.45) is 2.77. The molecule has 0 bridgehead atoms. The second-order valence-corrected chi connectivity index (χ2v) is 3.67. The summed E-state index contributed by atoms with van der Waals surface area (Å²) in [5.41, 5.74) is -0.311. The molecule has 0 radical (unpaired) electrons. The molecule has 84 valence electrons. The summed E-state index contributed by atoms with van der Waals surface area (Å²) in [5.74, 6) is -1.84. The lowest BCUT2D eigenvalue weighted by Crippen LogP contribution is -2.53. The zero-order valence-electron chi connectivity index (χ0n) is 8.34. The fourth-order valence-corrected chi connectivity index (χ4v) is 1.55. The van der Waals surface area contributed by atoms with Gasteiger partial charge in [-0.1, -0.05) is 0 Å². The second kappa shape index (κ2) is 3.80. The highest BCUT2D eigenvalue weighted by atomic mass is 16.4. The minimum atomic E-state index is -0.911. The Hall–Kier alpha value is -2.11. The molecule has 2 rings (SSSR count). The number of pyridine rings is 1. The van der Waals surface area contributed by atoms with Gasteiger partial charge in [-0.15, -0.1) is 0 Å². The smallest absolute Gasteiger partial charge is 0.310 e. The number of aromatic nitrogens is 1. The highest BCUT2D eigenvalue weighted by Crippen LogP contribution is 2.17. The lowest BCUT2D eigenvalue weighted by atomic mass is 9.99. The Morgan fingerprint density at radius 1 is 1.44 bits per heavy atom. The largest absolute Gasteiger partial charge is 0.481 e. The molecule has 0 spiro atoms. The number of hydrogen-bond acceptors (Lipinski definition) is 3. The summed E-state index contributed by atoms with van der Waals surface area (Å²) in [5, 5.41) is 8.65. The van der Waals surface area contributed by atoms with E-state index in [1.54, 1.807) is 0 Å². The highest BCUT2D eigenvalue weighted by Gasteiger charge is 2.36. The molecule has 2 N–H and O–H groups in total. The molecule has 1 fully saturated rings. The maximum Gasteiger partial charge on any atom is 0.310 e. The van der Waals surface area contributed by atoms with Gasteiger partial charge >= 0.3 is 5.97 Å². The molecule has 0 aromatic carbocycles. The van der Waals surface area contributed by atoms with Crippen LogP contribution in [0.5, 0.6) is 0 Å². The first kappa shape index (κ1) is 10.4. The van der Waals surface area contributed by atoms with E-state index >= 15 is 0 Å². The van der Waals surface area contributed by atoms with E-state index in [1.165, 1.54) is 23.4 Å². The van der Waals surface area contributed by atoms with Crippen LogP contribution in [0.4, 0.5) is 0 Å². The van der Waals surface area contributed by atoms with Crippen molar-refractivity contribution in [3.63, 3.8) is 0 Å². The van der Waals surface area contributed by atoms with Gasteiger partial charge in [0.15, 0.2) is 5.43 Å². The number of aliphatic carboxylic acids is 1. The van der Waals surface area contributed by atoms with Gasteiger partial charge in [0.05, 0.1) is 5.92 Å². The molecule has 6 nitrogen and oxygen atoms in total. The van der Waals surface area contributed by atoms with Gasteiger partial charge in [0.25, 0.3) is 5.91 Å². The number of carboxylic acid groups (broad SMARTS) is 1. The molecule has 16 heavy (non-hydrogen) atoms. The van der Waals surface area contributed by atoms with E-state index in [2.05, 4.69) is 4.98 Å². The molecule has 1 saturated heterocycles. The van der Waals surface area contributed by atoms with Crippen molar-refractivity contribution in [1.29, 1.82) is 0 Å². The lowest BCUT2D eigenvalue weighted by molar-refractivity contribution is -0.146. The molecule has 2 heterocycles. The predicted octanol–water partition coefficient (Wildman–Crippen LogP) is -0.469. The van der Waals surface area contributed by atoms with Crippen LogP contribution < -0.4 is 5.43 Å². The highest BCUT2D eigenvalue weighted by molar-refractivity contribution is 5.95.